The van der Waals surface area contributed by atoms with Crippen LogP contribution in [-0.4, -0.2) is 50.8 Å². The van der Waals surface area contributed by atoms with Crippen LogP contribution in [0.25, 0.3) is 22.6 Å². The molecule has 0 saturated carbocycles. The average Bonchev–Trinajstić information content (AvgIpc) is 2.93. The Labute approximate surface area is 210 Å². The first-order chi connectivity index (χ1) is 17.7. The molecule has 0 unspecified atom stereocenters. The zero-order valence-electron chi connectivity index (χ0n) is 20.5. The largest absolute Gasteiger partial charge is 0.354 e. The van der Waals surface area contributed by atoms with Gasteiger partial charge in [0.25, 0.3) is 0 Å². The first-order valence-corrected chi connectivity index (χ1v) is 12.6. The predicted octanol–water partition coefficient (Wildman–Crippen LogP) is 4.59. The highest BCUT2D eigenvalue weighted by Gasteiger charge is 2.24. The van der Waals surface area contributed by atoms with Crippen LogP contribution in [0.1, 0.15) is 38.2 Å². The maximum atomic E-state index is 13.4. The molecule has 2 aromatic carbocycles. The third-order valence-electron chi connectivity index (χ3n) is 6.46. The fraction of sp³-hybridized carbons (Fsp3) is 0.370. The second-order valence-electron chi connectivity index (χ2n) is 9.09. The normalized spacial score (nSPS) is 14.3. The fourth-order valence-electron chi connectivity index (χ4n) is 4.40. The number of unbranched alkanes of at least 4 members (excludes halogenated alkanes) is 1. The Bertz CT molecular complexity index is 1270. The summed E-state index contributed by atoms with van der Waals surface area (Å²) in [7, 11) is 0. The van der Waals surface area contributed by atoms with Gasteiger partial charge in [0, 0.05) is 31.2 Å². The Morgan fingerprint density at radius 1 is 0.944 bits per heavy atom. The summed E-state index contributed by atoms with van der Waals surface area (Å²) in [6, 6.07) is 16.7. The van der Waals surface area contributed by atoms with E-state index in [0.717, 1.165) is 43.9 Å². The second-order valence-corrected chi connectivity index (χ2v) is 9.09. The highest BCUT2D eigenvalue weighted by atomic mass is 19.1. The molecule has 0 radical (unpaired) electrons. The van der Waals surface area contributed by atoms with Gasteiger partial charge in [0.15, 0.2) is 17.2 Å². The predicted molar refractivity (Wildman–Crippen MR) is 140 cm³/mol. The Hall–Kier alpha value is -3.72. The lowest BCUT2D eigenvalue weighted by atomic mass is 10.0. The van der Waals surface area contributed by atoms with Crippen LogP contribution in [-0.2, 0) is 6.54 Å². The monoisotopic (exact) mass is 486 g/mol. The summed E-state index contributed by atoms with van der Waals surface area (Å²) in [5, 5.41) is 15.7. The molecule has 1 saturated heterocycles. The van der Waals surface area contributed by atoms with Crippen molar-refractivity contribution in [3.63, 3.8) is 0 Å². The minimum absolute atomic E-state index is 0.305. The van der Waals surface area contributed by atoms with Crippen molar-refractivity contribution in [1.29, 1.82) is 0 Å². The molecule has 0 atom stereocenters. The molecule has 2 N–H and O–H groups in total. The van der Waals surface area contributed by atoms with Gasteiger partial charge in [0.2, 0.25) is 11.6 Å². The lowest BCUT2D eigenvalue weighted by molar-refractivity contribution is 0.411. The van der Waals surface area contributed by atoms with Gasteiger partial charge in [0.1, 0.15) is 5.82 Å². The summed E-state index contributed by atoms with van der Waals surface area (Å²) in [5.41, 5.74) is 2.87. The smallest absolute Gasteiger partial charge is 0.227 e. The zero-order chi connectivity index (χ0) is 24.7. The molecule has 0 aliphatic carbocycles. The molecule has 186 valence electrons. The SMILES string of the molecule is CCCCNC1CCN(c2nc(NCc3ccccc3)nc3nnc(-c4ccc(F)cc4)nc23)CC1. The van der Waals surface area contributed by atoms with Gasteiger partial charge >= 0.3 is 0 Å². The molecular formula is C27H31FN8. The molecular weight excluding hydrogens is 455 g/mol. The number of piperidine rings is 1. The van der Waals surface area contributed by atoms with E-state index in [-0.39, 0.29) is 5.82 Å². The molecule has 1 aliphatic heterocycles. The molecule has 9 heteroatoms. The molecule has 0 bridgehead atoms. The fourth-order valence-corrected chi connectivity index (χ4v) is 4.40. The number of fused-ring (bicyclic) bond motifs is 1. The second kappa shape index (κ2) is 11.3. The summed E-state index contributed by atoms with van der Waals surface area (Å²) in [6.07, 6.45) is 4.46. The van der Waals surface area contributed by atoms with Crippen molar-refractivity contribution in [3.05, 3.63) is 66.0 Å². The summed E-state index contributed by atoms with van der Waals surface area (Å²) >= 11 is 0. The van der Waals surface area contributed by atoms with Crippen LogP contribution in [0.3, 0.4) is 0 Å². The highest BCUT2D eigenvalue weighted by molar-refractivity contribution is 5.85. The minimum Gasteiger partial charge on any atom is -0.354 e. The molecule has 36 heavy (non-hydrogen) atoms. The highest BCUT2D eigenvalue weighted by Crippen LogP contribution is 2.27. The molecule has 0 amide bonds. The van der Waals surface area contributed by atoms with E-state index in [1.807, 2.05) is 18.2 Å². The Balaban J connectivity index is 1.44. The molecule has 2 aromatic heterocycles. The summed E-state index contributed by atoms with van der Waals surface area (Å²) < 4.78 is 13.4. The molecule has 3 heterocycles. The lowest BCUT2D eigenvalue weighted by Crippen LogP contribution is -2.43. The number of hydrogen-bond acceptors (Lipinski definition) is 8. The molecule has 0 spiro atoms. The van der Waals surface area contributed by atoms with E-state index in [9.17, 15) is 4.39 Å². The van der Waals surface area contributed by atoms with Crippen LogP contribution in [0.2, 0.25) is 0 Å². The van der Waals surface area contributed by atoms with Crippen molar-refractivity contribution in [3.8, 4) is 11.4 Å². The standard InChI is InChI=1S/C27H31FN8/c1-2-3-15-29-22-13-16-36(17-14-22)26-23-25(32-27(33-26)30-18-19-7-5-4-6-8-19)35-34-24(31-23)20-9-11-21(28)12-10-20/h4-12,22,29H,2-3,13-18H2,1H3,(H,30,32,33,35). The Kier molecular flexibility index (Phi) is 7.56. The number of halogens is 1. The van der Waals surface area contributed by atoms with Crippen LogP contribution in [0.4, 0.5) is 16.2 Å². The van der Waals surface area contributed by atoms with E-state index >= 15 is 0 Å². The number of nitrogens with zero attached hydrogens (tertiary/aromatic N) is 6. The lowest BCUT2D eigenvalue weighted by Gasteiger charge is -2.33. The van der Waals surface area contributed by atoms with E-state index in [1.54, 1.807) is 12.1 Å². The van der Waals surface area contributed by atoms with Gasteiger partial charge < -0.3 is 15.5 Å². The molecule has 4 aromatic rings. The van der Waals surface area contributed by atoms with E-state index in [4.69, 9.17) is 9.97 Å². The topological polar surface area (TPSA) is 91.8 Å². The maximum Gasteiger partial charge on any atom is 0.227 e. The maximum absolute atomic E-state index is 13.4. The Morgan fingerprint density at radius 2 is 1.72 bits per heavy atom. The molecule has 8 nitrogen and oxygen atoms in total. The number of rotatable bonds is 9. The van der Waals surface area contributed by atoms with Crippen molar-refractivity contribution in [1.82, 2.24) is 30.5 Å². The third kappa shape index (κ3) is 5.73. The molecule has 1 aliphatic rings. The van der Waals surface area contributed by atoms with Gasteiger partial charge in [-0.25, -0.2) is 9.37 Å². The van der Waals surface area contributed by atoms with Crippen LogP contribution in [0.15, 0.2) is 54.6 Å². The van der Waals surface area contributed by atoms with Crippen molar-refractivity contribution >= 4 is 22.9 Å². The van der Waals surface area contributed by atoms with Gasteiger partial charge in [-0.05, 0) is 55.6 Å². The van der Waals surface area contributed by atoms with Gasteiger partial charge in [-0.3, -0.25) is 0 Å². The van der Waals surface area contributed by atoms with Crippen LogP contribution in [0, 0.1) is 5.82 Å². The number of benzene rings is 2. The third-order valence-corrected chi connectivity index (χ3v) is 6.46. The van der Waals surface area contributed by atoms with Gasteiger partial charge in [-0.1, -0.05) is 43.7 Å². The van der Waals surface area contributed by atoms with Crippen molar-refractivity contribution in [2.45, 2.75) is 45.2 Å². The van der Waals surface area contributed by atoms with Crippen molar-refractivity contribution in [2.24, 2.45) is 0 Å². The molecule has 1 fully saturated rings. The zero-order valence-corrected chi connectivity index (χ0v) is 20.5. The van der Waals surface area contributed by atoms with Crippen LogP contribution < -0.4 is 15.5 Å². The van der Waals surface area contributed by atoms with Crippen LogP contribution >= 0.6 is 0 Å². The van der Waals surface area contributed by atoms with Crippen molar-refractivity contribution in [2.75, 3.05) is 29.9 Å². The first-order valence-electron chi connectivity index (χ1n) is 12.6. The van der Waals surface area contributed by atoms with Gasteiger partial charge in [-0.15, -0.1) is 10.2 Å². The summed E-state index contributed by atoms with van der Waals surface area (Å²) in [4.78, 5) is 16.5. The minimum atomic E-state index is -0.305. The van der Waals surface area contributed by atoms with E-state index in [1.165, 1.54) is 25.0 Å². The number of anilines is 2. The number of nitrogens with one attached hydrogen (secondary N) is 2. The summed E-state index contributed by atoms with van der Waals surface area (Å²) in [6.45, 7) is 5.60. The number of hydrogen-bond donors (Lipinski definition) is 2. The number of aromatic nitrogens is 5. The average molecular weight is 487 g/mol. The quantitative estimate of drug-likeness (QED) is 0.332. The molecule has 5 rings (SSSR count). The van der Waals surface area contributed by atoms with E-state index < -0.39 is 0 Å². The summed E-state index contributed by atoms with van der Waals surface area (Å²) in [5.74, 6) is 1.37. The van der Waals surface area contributed by atoms with E-state index in [0.29, 0.717) is 41.1 Å². The van der Waals surface area contributed by atoms with Crippen LogP contribution in [0.5, 0.6) is 0 Å². The Morgan fingerprint density at radius 3 is 2.47 bits per heavy atom. The van der Waals surface area contributed by atoms with Gasteiger partial charge in [0.05, 0.1) is 0 Å². The van der Waals surface area contributed by atoms with E-state index in [2.05, 4.69) is 49.8 Å². The first kappa shape index (κ1) is 24.0. The van der Waals surface area contributed by atoms with Gasteiger partial charge in [-0.2, -0.15) is 9.97 Å². The van der Waals surface area contributed by atoms with Crippen molar-refractivity contribution < 1.29 is 4.39 Å².